The van der Waals surface area contributed by atoms with Crippen LogP contribution in [0.1, 0.15) is 6.55 Å². The number of nitrogens with zero attached hydrogens (tertiary/aromatic N) is 4. The number of fused-ring (bicyclic) bond motifs is 1. The Morgan fingerprint density at radius 3 is 2.77 bits per heavy atom. The molecule has 0 saturated heterocycles. The van der Waals surface area contributed by atoms with E-state index in [1.165, 1.54) is 0 Å². The summed E-state index contributed by atoms with van der Waals surface area (Å²) in [6, 6.07) is 0. The van der Waals surface area contributed by atoms with Crippen molar-refractivity contribution in [2.45, 2.75) is 6.55 Å². The number of imidazole rings is 1. The van der Waals surface area contributed by atoms with Crippen molar-refractivity contribution in [2.24, 2.45) is 0 Å². The van der Waals surface area contributed by atoms with Gasteiger partial charge in [0.15, 0.2) is 11.5 Å². The molecule has 0 amide bonds. The predicted octanol–water partition coefficient (Wildman–Crippen LogP) is 0.804. The molecule has 2 aromatic rings. The molecule has 0 bridgehead atoms. The third kappa shape index (κ3) is 1.08. The normalized spacial score (nSPS) is 11.3. The van der Waals surface area contributed by atoms with Crippen LogP contribution in [-0.2, 0) is 0 Å². The molecule has 0 spiro atoms. The van der Waals surface area contributed by atoms with E-state index < -0.39 is 6.55 Å². The largest absolute Gasteiger partial charge is 0.382 e. The lowest BCUT2D eigenvalue weighted by molar-refractivity contribution is 0.0740. The molecule has 13 heavy (non-hydrogen) atoms. The molecule has 2 N–H and O–H groups in total. The first-order valence-electron chi connectivity index (χ1n) is 3.41. The minimum atomic E-state index is -2.67. The minimum Gasteiger partial charge on any atom is -0.382 e. The van der Waals surface area contributed by atoms with E-state index in [0.29, 0.717) is 4.57 Å². The summed E-state index contributed by atoms with van der Waals surface area (Å²) in [6.45, 7) is -2.67. The van der Waals surface area contributed by atoms with Gasteiger partial charge in [-0.25, -0.2) is 15.0 Å². The molecule has 2 aromatic heterocycles. The Hall–Kier alpha value is -1.79. The van der Waals surface area contributed by atoms with Crippen LogP contribution in [0.4, 0.5) is 14.6 Å². The molecule has 68 valence electrons. The number of nitrogen functional groups attached to an aromatic ring is 1. The summed E-state index contributed by atoms with van der Waals surface area (Å²) in [5, 5.41) is 0. The van der Waals surface area contributed by atoms with Crippen molar-refractivity contribution in [1.82, 2.24) is 19.5 Å². The van der Waals surface area contributed by atoms with Gasteiger partial charge in [0.1, 0.15) is 18.2 Å². The molecule has 5 nitrogen and oxygen atoms in total. The summed E-state index contributed by atoms with van der Waals surface area (Å²) in [5.74, 6) is 0.101. The Bertz CT molecular complexity index is 438. The molecule has 0 aromatic carbocycles. The van der Waals surface area contributed by atoms with Crippen LogP contribution < -0.4 is 5.73 Å². The van der Waals surface area contributed by atoms with Crippen molar-refractivity contribution in [2.75, 3.05) is 5.73 Å². The molecule has 0 aliphatic carbocycles. The minimum absolute atomic E-state index is 0.0440. The van der Waals surface area contributed by atoms with Gasteiger partial charge in [-0.05, 0) is 0 Å². The summed E-state index contributed by atoms with van der Waals surface area (Å²) < 4.78 is 25.2. The maximum Gasteiger partial charge on any atom is 0.321 e. The highest BCUT2D eigenvalue weighted by atomic mass is 19.3. The highest BCUT2D eigenvalue weighted by molar-refractivity contribution is 5.81. The summed E-state index contributed by atoms with van der Waals surface area (Å²) >= 11 is 0. The summed E-state index contributed by atoms with van der Waals surface area (Å²) in [7, 11) is 0. The second kappa shape index (κ2) is 2.61. The molecule has 2 rings (SSSR count). The predicted molar refractivity (Wildman–Crippen MR) is 41.0 cm³/mol. The van der Waals surface area contributed by atoms with Gasteiger partial charge < -0.3 is 5.73 Å². The summed E-state index contributed by atoms with van der Waals surface area (Å²) in [4.78, 5) is 11.0. The second-order valence-electron chi connectivity index (χ2n) is 2.36. The van der Waals surface area contributed by atoms with Crippen LogP contribution in [0.25, 0.3) is 11.2 Å². The van der Waals surface area contributed by atoms with Gasteiger partial charge >= 0.3 is 6.55 Å². The molecule has 0 fully saturated rings. The maximum atomic E-state index is 12.3. The van der Waals surface area contributed by atoms with E-state index in [1.807, 2.05) is 0 Å². The van der Waals surface area contributed by atoms with Gasteiger partial charge in [0.2, 0.25) is 0 Å². The zero-order chi connectivity index (χ0) is 9.42. The first-order chi connectivity index (χ1) is 6.20. The molecule has 0 aliphatic rings. The van der Waals surface area contributed by atoms with Crippen LogP contribution >= 0.6 is 0 Å². The van der Waals surface area contributed by atoms with Crippen LogP contribution in [0.3, 0.4) is 0 Å². The molecule has 0 saturated carbocycles. The number of rotatable bonds is 1. The molecule has 0 atom stereocenters. The van der Waals surface area contributed by atoms with Gasteiger partial charge in [0.05, 0.1) is 0 Å². The van der Waals surface area contributed by atoms with Gasteiger partial charge in [0, 0.05) is 0 Å². The lowest BCUT2D eigenvalue weighted by Gasteiger charge is -1.99. The number of aromatic nitrogens is 4. The van der Waals surface area contributed by atoms with Crippen molar-refractivity contribution in [3.05, 3.63) is 12.7 Å². The van der Waals surface area contributed by atoms with Gasteiger partial charge in [-0.3, -0.25) is 4.57 Å². The molecule has 0 aliphatic heterocycles. The first-order valence-corrected chi connectivity index (χ1v) is 3.41. The monoisotopic (exact) mass is 185 g/mol. The van der Waals surface area contributed by atoms with Crippen LogP contribution in [-0.4, -0.2) is 19.5 Å². The van der Waals surface area contributed by atoms with Crippen LogP contribution in [0, 0.1) is 0 Å². The number of nitrogens with two attached hydrogens (primary N) is 1. The lowest BCUT2D eigenvalue weighted by Crippen LogP contribution is -1.98. The molecule has 2 heterocycles. The third-order valence-corrected chi connectivity index (χ3v) is 1.60. The van der Waals surface area contributed by atoms with Crippen LogP contribution in [0.2, 0.25) is 0 Å². The Morgan fingerprint density at radius 1 is 1.31 bits per heavy atom. The van der Waals surface area contributed by atoms with E-state index in [4.69, 9.17) is 5.73 Å². The number of hydrogen-bond acceptors (Lipinski definition) is 4. The average Bonchev–Trinajstić information content (AvgIpc) is 2.48. The number of anilines is 1. The quantitative estimate of drug-likeness (QED) is 0.713. The number of halogens is 2. The Kier molecular flexibility index (Phi) is 1.57. The topological polar surface area (TPSA) is 69.6 Å². The van der Waals surface area contributed by atoms with Crippen LogP contribution in [0.5, 0.6) is 0 Å². The smallest absolute Gasteiger partial charge is 0.321 e. The van der Waals surface area contributed by atoms with Gasteiger partial charge in [-0.2, -0.15) is 8.78 Å². The van der Waals surface area contributed by atoms with E-state index in [-0.39, 0.29) is 17.0 Å². The standard InChI is InChI=1S/C6H5F2N5/c7-6(8)13-2-12-3-4(9)10-1-11-5(3)13/h1-2,6H,(H2,9,10,11). The van der Waals surface area contributed by atoms with Crippen molar-refractivity contribution in [3.63, 3.8) is 0 Å². The highest BCUT2D eigenvalue weighted by Gasteiger charge is 2.13. The van der Waals surface area contributed by atoms with Crippen molar-refractivity contribution in [3.8, 4) is 0 Å². The molecular formula is C6H5F2N5. The summed E-state index contributed by atoms with van der Waals surface area (Å²) in [5.41, 5.74) is 5.64. The fourth-order valence-electron chi connectivity index (χ4n) is 1.01. The second-order valence-corrected chi connectivity index (χ2v) is 2.36. The highest BCUT2D eigenvalue weighted by Crippen LogP contribution is 2.19. The Morgan fingerprint density at radius 2 is 2.08 bits per heavy atom. The van der Waals surface area contributed by atoms with Crippen LogP contribution in [0.15, 0.2) is 12.7 Å². The summed E-state index contributed by atoms with van der Waals surface area (Å²) in [6.07, 6.45) is 2.11. The third-order valence-electron chi connectivity index (χ3n) is 1.60. The molecular weight excluding hydrogens is 180 g/mol. The van der Waals surface area contributed by atoms with Crippen molar-refractivity contribution < 1.29 is 8.78 Å². The Labute approximate surface area is 71.2 Å². The van der Waals surface area contributed by atoms with E-state index in [9.17, 15) is 8.78 Å². The van der Waals surface area contributed by atoms with E-state index in [1.54, 1.807) is 0 Å². The SMILES string of the molecule is Nc1ncnc2c1ncn2C(F)F. The fraction of sp³-hybridized carbons (Fsp3) is 0.167. The average molecular weight is 185 g/mol. The first kappa shape index (κ1) is 7.84. The van der Waals surface area contributed by atoms with Crippen molar-refractivity contribution >= 4 is 17.0 Å². The zero-order valence-corrected chi connectivity index (χ0v) is 6.35. The Balaban J connectivity index is 2.75. The lowest BCUT2D eigenvalue weighted by atomic mass is 10.5. The van der Waals surface area contributed by atoms with Crippen molar-refractivity contribution in [1.29, 1.82) is 0 Å². The number of alkyl halides is 2. The fourth-order valence-corrected chi connectivity index (χ4v) is 1.01. The van der Waals surface area contributed by atoms with Gasteiger partial charge in [0.25, 0.3) is 0 Å². The maximum absolute atomic E-state index is 12.3. The number of hydrogen-bond donors (Lipinski definition) is 1. The molecule has 0 radical (unpaired) electrons. The molecule has 7 heteroatoms. The van der Waals surface area contributed by atoms with E-state index >= 15 is 0 Å². The molecule has 0 unspecified atom stereocenters. The van der Waals surface area contributed by atoms with E-state index in [0.717, 1.165) is 12.7 Å². The van der Waals surface area contributed by atoms with E-state index in [2.05, 4.69) is 15.0 Å². The van der Waals surface area contributed by atoms with Gasteiger partial charge in [-0.1, -0.05) is 0 Å². The zero-order valence-electron chi connectivity index (χ0n) is 6.35. The van der Waals surface area contributed by atoms with Gasteiger partial charge in [-0.15, -0.1) is 0 Å².